The van der Waals surface area contributed by atoms with Crippen molar-refractivity contribution in [3.63, 3.8) is 0 Å². The maximum Gasteiger partial charge on any atom is 0.255 e. The molecule has 0 aliphatic rings. The molecule has 1 amide bonds. The zero-order chi connectivity index (χ0) is 15.1. The van der Waals surface area contributed by atoms with E-state index < -0.39 is 0 Å². The molecule has 0 fully saturated rings. The molecule has 0 radical (unpaired) electrons. The van der Waals surface area contributed by atoms with E-state index in [4.69, 9.17) is 9.47 Å². The number of rotatable bonds is 6. The first-order valence-electron chi connectivity index (χ1n) is 6.50. The third-order valence-corrected chi connectivity index (χ3v) is 3.30. The van der Waals surface area contributed by atoms with Crippen LogP contribution in [0.1, 0.15) is 10.4 Å². The van der Waals surface area contributed by atoms with Gasteiger partial charge in [0.2, 0.25) is 0 Å². The average molecular weight is 350 g/mol. The van der Waals surface area contributed by atoms with Crippen LogP contribution in [0.4, 0.5) is 0 Å². The second-order valence-electron chi connectivity index (χ2n) is 4.26. The molecule has 0 heterocycles. The van der Waals surface area contributed by atoms with E-state index in [-0.39, 0.29) is 5.91 Å². The van der Waals surface area contributed by atoms with Gasteiger partial charge in [-0.3, -0.25) is 4.79 Å². The predicted octanol–water partition coefficient (Wildman–Crippen LogP) is 3.27. The third kappa shape index (κ3) is 4.49. The second kappa shape index (κ2) is 7.69. The van der Waals surface area contributed by atoms with E-state index in [9.17, 15) is 4.79 Å². The van der Waals surface area contributed by atoms with Gasteiger partial charge in [0, 0.05) is 4.47 Å². The topological polar surface area (TPSA) is 47.6 Å². The van der Waals surface area contributed by atoms with Gasteiger partial charge in [0.1, 0.15) is 18.1 Å². The highest BCUT2D eigenvalue weighted by atomic mass is 79.9. The quantitative estimate of drug-likeness (QED) is 0.814. The standard InChI is InChI=1S/C16H16BrNO3/c1-20-15-11-12(17)7-8-14(15)16(19)18-9-10-21-13-5-3-2-4-6-13/h2-8,11H,9-10H2,1H3,(H,18,19). The Labute approximate surface area is 132 Å². The van der Waals surface area contributed by atoms with Gasteiger partial charge >= 0.3 is 0 Å². The summed E-state index contributed by atoms with van der Waals surface area (Å²) >= 11 is 3.34. The molecule has 0 saturated carbocycles. The van der Waals surface area contributed by atoms with Crippen LogP contribution in [0.25, 0.3) is 0 Å². The van der Waals surface area contributed by atoms with Gasteiger partial charge in [-0.15, -0.1) is 0 Å². The van der Waals surface area contributed by atoms with E-state index in [1.54, 1.807) is 18.2 Å². The lowest BCUT2D eigenvalue weighted by Gasteiger charge is -2.10. The van der Waals surface area contributed by atoms with Crippen LogP contribution in [0.2, 0.25) is 0 Å². The number of ether oxygens (including phenoxy) is 2. The number of para-hydroxylation sites is 1. The maximum atomic E-state index is 12.1. The fourth-order valence-electron chi connectivity index (χ4n) is 1.80. The minimum absolute atomic E-state index is 0.184. The molecule has 5 heteroatoms. The maximum absolute atomic E-state index is 12.1. The van der Waals surface area contributed by atoms with Crippen LogP contribution >= 0.6 is 15.9 Å². The zero-order valence-corrected chi connectivity index (χ0v) is 13.2. The van der Waals surface area contributed by atoms with Crippen LogP contribution in [-0.2, 0) is 0 Å². The van der Waals surface area contributed by atoms with Crippen molar-refractivity contribution in [3.05, 3.63) is 58.6 Å². The summed E-state index contributed by atoms with van der Waals surface area (Å²) in [5, 5.41) is 2.80. The molecular weight excluding hydrogens is 334 g/mol. The number of nitrogens with one attached hydrogen (secondary N) is 1. The Morgan fingerprint density at radius 2 is 1.95 bits per heavy atom. The SMILES string of the molecule is COc1cc(Br)ccc1C(=O)NCCOc1ccccc1. The molecule has 1 N–H and O–H groups in total. The van der Waals surface area contributed by atoms with E-state index in [1.807, 2.05) is 30.3 Å². The number of benzene rings is 2. The number of hydrogen-bond acceptors (Lipinski definition) is 3. The highest BCUT2D eigenvalue weighted by molar-refractivity contribution is 9.10. The molecular formula is C16H16BrNO3. The first kappa shape index (κ1) is 15.4. The number of methoxy groups -OCH3 is 1. The summed E-state index contributed by atoms with van der Waals surface area (Å²) in [6.07, 6.45) is 0. The van der Waals surface area contributed by atoms with Gasteiger partial charge in [-0.25, -0.2) is 0 Å². The van der Waals surface area contributed by atoms with Gasteiger partial charge in [0.05, 0.1) is 19.2 Å². The summed E-state index contributed by atoms with van der Waals surface area (Å²) in [6, 6.07) is 14.8. The lowest BCUT2D eigenvalue weighted by atomic mass is 10.2. The molecule has 0 aliphatic carbocycles. The monoisotopic (exact) mass is 349 g/mol. The highest BCUT2D eigenvalue weighted by Crippen LogP contribution is 2.23. The van der Waals surface area contributed by atoms with Crippen LogP contribution in [-0.4, -0.2) is 26.2 Å². The zero-order valence-electron chi connectivity index (χ0n) is 11.6. The highest BCUT2D eigenvalue weighted by Gasteiger charge is 2.11. The molecule has 0 bridgehead atoms. The fraction of sp³-hybridized carbons (Fsp3) is 0.188. The smallest absolute Gasteiger partial charge is 0.255 e. The van der Waals surface area contributed by atoms with Crippen molar-refractivity contribution in [2.24, 2.45) is 0 Å². The van der Waals surface area contributed by atoms with E-state index in [2.05, 4.69) is 21.2 Å². The largest absolute Gasteiger partial charge is 0.496 e. The lowest BCUT2D eigenvalue weighted by Crippen LogP contribution is -2.28. The van der Waals surface area contributed by atoms with E-state index >= 15 is 0 Å². The van der Waals surface area contributed by atoms with Gasteiger partial charge in [0.25, 0.3) is 5.91 Å². The first-order valence-corrected chi connectivity index (χ1v) is 7.29. The number of halogens is 1. The molecule has 0 saturated heterocycles. The van der Waals surface area contributed by atoms with Crippen molar-refractivity contribution in [2.45, 2.75) is 0 Å². The van der Waals surface area contributed by atoms with Crippen LogP contribution in [0, 0.1) is 0 Å². The van der Waals surface area contributed by atoms with Crippen molar-refractivity contribution in [1.29, 1.82) is 0 Å². The van der Waals surface area contributed by atoms with Gasteiger partial charge in [-0.1, -0.05) is 34.1 Å². The van der Waals surface area contributed by atoms with Crippen LogP contribution in [0.5, 0.6) is 11.5 Å². The average Bonchev–Trinajstić information content (AvgIpc) is 2.52. The minimum atomic E-state index is -0.184. The third-order valence-electron chi connectivity index (χ3n) is 2.81. The van der Waals surface area contributed by atoms with Gasteiger partial charge in [0.15, 0.2) is 0 Å². The van der Waals surface area contributed by atoms with E-state index in [0.29, 0.717) is 24.5 Å². The van der Waals surface area contributed by atoms with E-state index in [0.717, 1.165) is 10.2 Å². The van der Waals surface area contributed by atoms with Crippen molar-refractivity contribution >= 4 is 21.8 Å². The molecule has 0 atom stereocenters. The summed E-state index contributed by atoms with van der Waals surface area (Å²) in [5.41, 5.74) is 0.500. The summed E-state index contributed by atoms with van der Waals surface area (Å²) < 4.78 is 11.6. The first-order chi connectivity index (χ1) is 10.2. The molecule has 0 aromatic heterocycles. The Hall–Kier alpha value is -2.01. The minimum Gasteiger partial charge on any atom is -0.496 e. The Kier molecular flexibility index (Phi) is 5.63. The van der Waals surface area contributed by atoms with Crippen molar-refractivity contribution < 1.29 is 14.3 Å². The van der Waals surface area contributed by atoms with Crippen molar-refractivity contribution in [2.75, 3.05) is 20.3 Å². The van der Waals surface area contributed by atoms with Crippen molar-refractivity contribution in [3.8, 4) is 11.5 Å². The molecule has 4 nitrogen and oxygen atoms in total. The van der Waals surface area contributed by atoms with E-state index in [1.165, 1.54) is 7.11 Å². The molecule has 2 aromatic carbocycles. The second-order valence-corrected chi connectivity index (χ2v) is 5.18. The Morgan fingerprint density at radius 1 is 1.19 bits per heavy atom. The van der Waals surface area contributed by atoms with Crippen LogP contribution in [0.3, 0.4) is 0 Å². The summed E-state index contributed by atoms with van der Waals surface area (Å²) in [7, 11) is 1.54. The Morgan fingerprint density at radius 3 is 2.67 bits per heavy atom. The molecule has 0 unspecified atom stereocenters. The fourth-order valence-corrected chi connectivity index (χ4v) is 2.14. The summed E-state index contributed by atoms with van der Waals surface area (Å²) in [4.78, 5) is 12.1. The molecule has 110 valence electrons. The molecule has 0 spiro atoms. The normalized spacial score (nSPS) is 10.0. The molecule has 2 aromatic rings. The lowest BCUT2D eigenvalue weighted by molar-refractivity contribution is 0.0944. The molecule has 2 rings (SSSR count). The summed E-state index contributed by atoms with van der Waals surface area (Å²) in [5.74, 6) is 1.13. The van der Waals surface area contributed by atoms with Gasteiger partial charge in [-0.05, 0) is 30.3 Å². The molecule has 21 heavy (non-hydrogen) atoms. The molecule has 0 aliphatic heterocycles. The summed E-state index contributed by atoms with van der Waals surface area (Å²) in [6.45, 7) is 0.835. The van der Waals surface area contributed by atoms with Crippen LogP contribution < -0.4 is 14.8 Å². The van der Waals surface area contributed by atoms with Gasteiger partial charge in [-0.2, -0.15) is 0 Å². The number of amides is 1. The number of hydrogen-bond donors (Lipinski definition) is 1. The number of carbonyl (C=O) groups excluding carboxylic acids is 1. The Bertz CT molecular complexity index is 602. The van der Waals surface area contributed by atoms with Crippen LogP contribution in [0.15, 0.2) is 53.0 Å². The predicted molar refractivity (Wildman–Crippen MR) is 85.0 cm³/mol. The number of carbonyl (C=O) groups is 1. The Balaban J connectivity index is 1.85. The van der Waals surface area contributed by atoms with Gasteiger partial charge < -0.3 is 14.8 Å². The van der Waals surface area contributed by atoms with Crippen molar-refractivity contribution in [1.82, 2.24) is 5.32 Å².